The van der Waals surface area contributed by atoms with Crippen LogP contribution < -0.4 is 9.96 Å². The Balaban J connectivity index is 1.56. The van der Waals surface area contributed by atoms with Crippen LogP contribution in [0.15, 0.2) is 77.4 Å². The van der Waals surface area contributed by atoms with Gasteiger partial charge in [-0.15, -0.1) is 0 Å². The number of carbonyl (C=O) groups excluding carboxylic acids is 2. The monoisotopic (exact) mass is 378 g/mol. The summed E-state index contributed by atoms with van der Waals surface area (Å²) in [4.78, 5) is 33.2. The molecule has 2 saturated heterocycles. The lowest BCUT2D eigenvalue weighted by Gasteiger charge is -2.27. The molecule has 0 N–H and O–H groups in total. The number of carbonyl (C=O) groups is 2. The predicted molar refractivity (Wildman–Crippen MR) is 97.6 cm³/mol. The molecule has 2 aliphatic rings. The van der Waals surface area contributed by atoms with Crippen molar-refractivity contribution < 1.29 is 23.2 Å². The summed E-state index contributed by atoms with van der Waals surface area (Å²) >= 11 is 0. The number of rotatable bonds is 3. The Bertz CT molecular complexity index is 1020. The van der Waals surface area contributed by atoms with Crippen molar-refractivity contribution in [2.24, 2.45) is 5.92 Å². The lowest BCUT2D eigenvalue weighted by molar-refractivity contribution is -0.126. The highest BCUT2D eigenvalue weighted by Gasteiger charge is 2.61. The first kappa shape index (κ1) is 16.7. The van der Waals surface area contributed by atoms with Crippen LogP contribution in [0.2, 0.25) is 0 Å². The lowest BCUT2D eigenvalue weighted by Crippen LogP contribution is -2.37. The van der Waals surface area contributed by atoms with Crippen LogP contribution in [0.1, 0.15) is 11.8 Å². The zero-order valence-electron chi connectivity index (χ0n) is 14.6. The summed E-state index contributed by atoms with van der Waals surface area (Å²) in [6, 6.07) is 17.4. The van der Waals surface area contributed by atoms with Crippen LogP contribution in [0.3, 0.4) is 0 Å². The van der Waals surface area contributed by atoms with E-state index in [1.54, 1.807) is 17.2 Å². The molecule has 2 aliphatic heterocycles. The highest BCUT2D eigenvalue weighted by atomic mass is 19.1. The number of hydroxylamine groups is 1. The van der Waals surface area contributed by atoms with Crippen molar-refractivity contribution in [3.05, 3.63) is 84.6 Å². The van der Waals surface area contributed by atoms with E-state index in [2.05, 4.69) is 0 Å². The molecule has 28 heavy (non-hydrogen) atoms. The van der Waals surface area contributed by atoms with Gasteiger partial charge in [0.25, 0.3) is 5.91 Å². The van der Waals surface area contributed by atoms with E-state index in [0.717, 1.165) is 4.90 Å². The number of nitrogens with zero attached hydrogens (tertiary/aromatic N) is 2. The second-order valence-corrected chi connectivity index (χ2v) is 6.66. The van der Waals surface area contributed by atoms with E-state index < -0.39 is 35.7 Å². The Kier molecular flexibility index (Phi) is 3.77. The van der Waals surface area contributed by atoms with Gasteiger partial charge in [-0.3, -0.25) is 14.4 Å². The van der Waals surface area contributed by atoms with Gasteiger partial charge >= 0.3 is 0 Å². The average Bonchev–Trinajstić information content (AvgIpc) is 3.42. The molecule has 3 atom stereocenters. The number of halogens is 1. The van der Waals surface area contributed by atoms with Crippen LogP contribution in [0.25, 0.3) is 0 Å². The van der Waals surface area contributed by atoms with Gasteiger partial charge in [0.15, 0.2) is 6.10 Å². The molecule has 2 amide bonds. The minimum atomic E-state index is -0.979. The first-order valence-electron chi connectivity index (χ1n) is 8.83. The quantitative estimate of drug-likeness (QED) is 0.653. The summed E-state index contributed by atoms with van der Waals surface area (Å²) in [5.41, 5.74) is 1.03. The van der Waals surface area contributed by atoms with E-state index in [1.807, 2.05) is 30.3 Å². The molecule has 0 radical (unpaired) electrons. The Hall–Kier alpha value is -3.45. The number of hydrogen-bond acceptors (Lipinski definition) is 5. The van der Waals surface area contributed by atoms with E-state index >= 15 is 0 Å². The minimum Gasteiger partial charge on any atom is -0.467 e. The number of anilines is 2. The van der Waals surface area contributed by atoms with Crippen LogP contribution >= 0.6 is 0 Å². The summed E-state index contributed by atoms with van der Waals surface area (Å²) < 4.78 is 18.8. The van der Waals surface area contributed by atoms with E-state index in [0.29, 0.717) is 17.1 Å². The molecule has 3 aromatic rings. The number of amides is 2. The molecule has 6 nitrogen and oxygen atoms in total. The van der Waals surface area contributed by atoms with E-state index in [9.17, 15) is 14.0 Å². The number of imide groups is 1. The van der Waals surface area contributed by atoms with Gasteiger partial charge in [-0.05, 0) is 48.5 Å². The van der Waals surface area contributed by atoms with Crippen LogP contribution in [-0.4, -0.2) is 17.9 Å². The SMILES string of the molecule is O=C1[C@@H]2[C@@H](c3ccco3)N(c3ccccc3)O[C@H]2C(=O)N1c1ccc(F)cc1. The lowest BCUT2D eigenvalue weighted by atomic mass is 9.94. The van der Waals surface area contributed by atoms with E-state index in [1.165, 1.54) is 30.5 Å². The third-order valence-corrected chi connectivity index (χ3v) is 5.05. The Morgan fingerprint density at radius 1 is 0.821 bits per heavy atom. The van der Waals surface area contributed by atoms with Crippen LogP contribution in [-0.2, 0) is 14.4 Å². The van der Waals surface area contributed by atoms with Gasteiger partial charge in [-0.2, -0.15) is 0 Å². The number of hydrogen-bond donors (Lipinski definition) is 0. The molecule has 1 aromatic heterocycles. The minimum absolute atomic E-state index is 0.318. The molecule has 0 aliphatic carbocycles. The molecular weight excluding hydrogens is 363 g/mol. The van der Waals surface area contributed by atoms with Gasteiger partial charge in [-0.25, -0.2) is 14.4 Å². The molecule has 5 rings (SSSR count). The molecule has 7 heteroatoms. The average molecular weight is 378 g/mol. The van der Waals surface area contributed by atoms with Crippen molar-refractivity contribution in [2.45, 2.75) is 12.1 Å². The number of benzene rings is 2. The molecule has 2 fully saturated rings. The van der Waals surface area contributed by atoms with Crippen molar-refractivity contribution in [1.82, 2.24) is 0 Å². The third-order valence-electron chi connectivity index (χ3n) is 5.05. The van der Waals surface area contributed by atoms with Gasteiger partial charge in [-0.1, -0.05) is 18.2 Å². The van der Waals surface area contributed by atoms with Crippen molar-refractivity contribution in [3.8, 4) is 0 Å². The van der Waals surface area contributed by atoms with E-state index in [-0.39, 0.29) is 0 Å². The summed E-state index contributed by atoms with van der Waals surface area (Å²) in [5, 5.41) is 1.56. The smallest absolute Gasteiger partial charge is 0.266 e. The Morgan fingerprint density at radius 2 is 1.57 bits per heavy atom. The molecule has 0 saturated carbocycles. The van der Waals surface area contributed by atoms with Crippen molar-refractivity contribution in [2.75, 3.05) is 9.96 Å². The van der Waals surface area contributed by atoms with Crippen LogP contribution in [0.5, 0.6) is 0 Å². The Labute approximate surface area is 159 Å². The summed E-state index contributed by atoms with van der Waals surface area (Å²) in [7, 11) is 0. The van der Waals surface area contributed by atoms with Crippen molar-refractivity contribution >= 4 is 23.2 Å². The molecule has 3 heterocycles. The molecule has 0 spiro atoms. The van der Waals surface area contributed by atoms with Gasteiger partial charge in [0.1, 0.15) is 23.5 Å². The van der Waals surface area contributed by atoms with Crippen LogP contribution in [0, 0.1) is 11.7 Å². The molecule has 140 valence electrons. The van der Waals surface area contributed by atoms with Gasteiger partial charge in [0, 0.05) is 0 Å². The Morgan fingerprint density at radius 3 is 2.25 bits per heavy atom. The summed E-state index contributed by atoms with van der Waals surface area (Å²) in [6.45, 7) is 0. The van der Waals surface area contributed by atoms with Crippen LogP contribution in [0.4, 0.5) is 15.8 Å². The standard InChI is InChI=1S/C21H15FN2O4/c22-13-8-10-14(11-9-13)23-20(25)17-18(16-7-4-12-27-16)24(28-19(17)21(23)26)15-5-2-1-3-6-15/h1-12,17-19H/t17-,18-,19-/m1/s1. The fraction of sp³-hybridized carbons (Fsp3) is 0.143. The van der Waals surface area contributed by atoms with Gasteiger partial charge in [0.05, 0.1) is 17.6 Å². The normalized spacial score (nSPS) is 24.1. The second kappa shape index (κ2) is 6.31. The number of para-hydroxylation sites is 1. The number of furan rings is 1. The zero-order valence-corrected chi connectivity index (χ0v) is 14.6. The van der Waals surface area contributed by atoms with Crippen molar-refractivity contribution in [1.29, 1.82) is 0 Å². The maximum Gasteiger partial charge on any atom is 0.266 e. The van der Waals surface area contributed by atoms with Gasteiger partial charge in [0.2, 0.25) is 5.91 Å². The number of fused-ring (bicyclic) bond motifs is 1. The maximum absolute atomic E-state index is 13.3. The fourth-order valence-electron chi connectivity index (χ4n) is 3.81. The summed E-state index contributed by atoms with van der Waals surface area (Å²) in [5.74, 6) is -1.57. The summed E-state index contributed by atoms with van der Waals surface area (Å²) in [6.07, 6.45) is 0.540. The highest BCUT2D eigenvalue weighted by molar-refractivity contribution is 6.23. The molecule has 0 bridgehead atoms. The predicted octanol–water partition coefficient (Wildman–Crippen LogP) is 3.47. The first-order valence-corrected chi connectivity index (χ1v) is 8.83. The largest absolute Gasteiger partial charge is 0.467 e. The van der Waals surface area contributed by atoms with Crippen molar-refractivity contribution in [3.63, 3.8) is 0 Å². The first-order chi connectivity index (χ1) is 13.6. The fourth-order valence-corrected chi connectivity index (χ4v) is 3.81. The zero-order chi connectivity index (χ0) is 19.3. The molecule has 2 aromatic carbocycles. The molecule has 0 unspecified atom stereocenters. The molecular formula is C21H15FN2O4. The highest BCUT2D eigenvalue weighted by Crippen LogP contribution is 2.47. The third kappa shape index (κ3) is 2.44. The second-order valence-electron chi connectivity index (χ2n) is 6.66. The topological polar surface area (TPSA) is 63.0 Å². The maximum atomic E-state index is 13.3. The van der Waals surface area contributed by atoms with E-state index in [4.69, 9.17) is 9.25 Å². The van der Waals surface area contributed by atoms with Gasteiger partial charge < -0.3 is 4.42 Å².